The third-order valence-corrected chi connectivity index (χ3v) is 3.85. The molecule has 1 aromatic carbocycles. The fourth-order valence-corrected chi connectivity index (χ4v) is 2.20. The van der Waals surface area contributed by atoms with Gasteiger partial charge in [-0.2, -0.15) is 4.98 Å². The monoisotopic (exact) mass is 282 g/mol. The highest BCUT2D eigenvalue weighted by Crippen LogP contribution is 2.25. The third kappa shape index (κ3) is 2.64. The lowest BCUT2D eigenvalue weighted by atomic mass is 10.0. The van der Waals surface area contributed by atoms with Crippen LogP contribution in [0.5, 0.6) is 0 Å². The summed E-state index contributed by atoms with van der Waals surface area (Å²) in [4.78, 5) is 8.73. The summed E-state index contributed by atoms with van der Waals surface area (Å²) in [6.07, 6.45) is 2.75. The molecule has 0 fully saturated rings. The van der Waals surface area contributed by atoms with E-state index in [1.807, 2.05) is 30.3 Å². The minimum Gasteiger partial charge on any atom is -0.337 e. The van der Waals surface area contributed by atoms with Gasteiger partial charge in [0.2, 0.25) is 11.7 Å². The van der Waals surface area contributed by atoms with Gasteiger partial charge in [0.15, 0.2) is 0 Å². The first-order valence-corrected chi connectivity index (χ1v) is 7.13. The van der Waals surface area contributed by atoms with Crippen molar-refractivity contribution in [3.63, 3.8) is 0 Å². The van der Waals surface area contributed by atoms with Crippen molar-refractivity contribution in [2.45, 2.75) is 26.3 Å². The van der Waals surface area contributed by atoms with Crippen LogP contribution >= 0.6 is 0 Å². The summed E-state index contributed by atoms with van der Waals surface area (Å²) in [5, 5.41) is 5.09. The van der Waals surface area contributed by atoms with Crippen LogP contribution in [0, 0.1) is 5.92 Å². The normalized spacial score (nSPS) is 14.2. The highest BCUT2D eigenvalue weighted by Gasteiger charge is 2.20. The van der Waals surface area contributed by atoms with Crippen molar-refractivity contribution in [1.82, 2.24) is 15.1 Å². The Morgan fingerprint density at radius 1 is 1.29 bits per heavy atom. The van der Waals surface area contributed by atoms with Gasteiger partial charge in [0.1, 0.15) is 0 Å². The number of hydrogen-bond donors (Lipinski definition) is 1. The molecule has 0 spiro atoms. The molecule has 0 aliphatic heterocycles. The highest BCUT2D eigenvalue weighted by molar-refractivity contribution is 5.82. The fourth-order valence-electron chi connectivity index (χ4n) is 2.20. The summed E-state index contributed by atoms with van der Waals surface area (Å²) in [6, 6.07) is 9.60. The molecular formula is C16H18N4O. The van der Waals surface area contributed by atoms with Crippen LogP contribution in [0.1, 0.15) is 32.2 Å². The molecule has 21 heavy (non-hydrogen) atoms. The van der Waals surface area contributed by atoms with E-state index in [1.54, 1.807) is 6.20 Å². The van der Waals surface area contributed by atoms with Crippen LogP contribution in [0.2, 0.25) is 0 Å². The van der Waals surface area contributed by atoms with Crippen LogP contribution in [-0.2, 0) is 0 Å². The SMILES string of the molecule is CCC(C)C(N)c1nc(-c2ccc3ncccc3c2)no1. The van der Waals surface area contributed by atoms with E-state index in [0.717, 1.165) is 22.9 Å². The quantitative estimate of drug-likeness (QED) is 0.794. The summed E-state index contributed by atoms with van der Waals surface area (Å²) >= 11 is 0. The van der Waals surface area contributed by atoms with Gasteiger partial charge in [0, 0.05) is 17.1 Å². The molecule has 3 aromatic rings. The van der Waals surface area contributed by atoms with E-state index >= 15 is 0 Å². The lowest BCUT2D eigenvalue weighted by molar-refractivity contribution is 0.312. The van der Waals surface area contributed by atoms with Crippen LogP contribution < -0.4 is 5.73 Å². The second kappa shape index (κ2) is 5.61. The van der Waals surface area contributed by atoms with E-state index < -0.39 is 0 Å². The van der Waals surface area contributed by atoms with Gasteiger partial charge in [-0.25, -0.2) is 0 Å². The first kappa shape index (κ1) is 13.7. The second-order valence-electron chi connectivity index (χ2n) is 5.28. The summed E-state index contributed by atoms with van der Waals surface area (Å²) in [7, 11) is 0. The predicted molar refractivity (Wildman–Crippen MR) is 81.4 cm³/mol. The number of nitrogens with zero attached hydrogens (tertiary/aromatic N) is 3. The standard InChI is InChI=1S/C16H18N4O/c1-3-10(2)14(17)16-19-15(20-21-16)12-6-7-13-11(9-12)5-4-8-18-13/h4-10,14H,3,17H2,1-2H3. The molecule has 0 amide bonds. The van der Waals surface area contributed by atoms with Crippen molar-refractivity contribution >= 4 is 10.9 Å². The van der Waals surface area contributed by atoms with Crippen LogP contribution in [0.25, 0.3) is 22.3 Å². The molecule has 0 radical (unpaired) electrons. The molecule has 0 saturated carbocycles. The molecule has 0 aliphatic rings. The summed E-state index contributed by atoms with van der Waals surface area (Å²) in [5.74, 6) is 1.36. The molecule has 2 heterocycles. The number of hydrogen-bond acceptors (Lipinski definition) is 5. The van der Waals surface area contributed by atoms with Gasteiger partial charge in [0.25, 0.3) is 0 Å². The van der Waals surface area contributed by atoms with E-state index in [9.17, 15) is 0 Å². The first-order valence-electron chi connectivity index (χ1n) is 7.13. The van der Waals surface area contributed by atoms with Crippen LogP contribution in [-0.4, -0.2) is 15.1 Å². The van der Waals surface area contributed by atoms with Gasteiger partial charge in [-0.1, -0.05) is 31.5 Å². The molecule has 2 aromatic heterocycles. The van der Waals surface area contributed by atoms with Crippen molar-refractivity contribution in [2.24, 2.45) is 11.7 Å². The van der Waals surface area contributed by atoms with Crippen molar-refractivity contribution < 1.29 is 4.52 Å². The predicted octanol–water partition coefficient (Wildman–Crippen LogP) is 3.33. The van der Waals surface area contributed by atoms with Gasteiger partial charge in [-0.05, 0) is 30.2 Å². The van der Waals surface area contributed by atoms with Crippen LogP contribution in [0.3, 0.4) is 0 Å². The van der Waals surface area contributed by atoms with Crippen molar-refractivity contribution in [3.05, 3.63) is 42.4 Å². The first-order chi connectivity index (χ1) is 10.2. The number of pyridine rings is 1. The van der Waals surface area contributed by atoms with Gasteiger partial charge in [0.05, 0.1) is 11.6 Å². The van der Waals surface area contributed by atoms with Crippen LogP contribution in [0.4, 0.5) is 0 Å². The zero-order chi connectivity index (χ0) is 14.8. The van der Waals surface area contributed by atoms with E-state index in [1.165, 1.54) is 0 Å². The molecule has 0 aliphatic carbocycles. The number of aromatic nitrogens is 3. The average Bonchev–Trinajstić information content (AvgIpc) is 3.02. The summed E-state index contributed by atoms with van der Waals surface area (Å²) < 4.78 is 5.31. The number of rotatable bonds is 4. The Balaban J connectivity index is 1.94. The van der Waals surface area contributed by atoms with E-state index in [2.05, 4.69) is 29.0 Å². The Morgan fingerprint density at radius 3 is 2.95 bits per heavy atom. The maximum atomic E-state index is 6.12. The molecule has 0 saturated heterocycles. The zero-order valence-corrected chi connectivity index (χ0v) is 12.2. The molecule has 0 bridgehead atoms. The second-order valence-corrected chi connectivity index (χ2v) is 5.28. The maximum Gasteiger partial charge on any atom is 0.244 e. The van der Waals surface area contributed by atoms with Gasteiger partial charge >= 0.3 is 0 Å². The van der Waals surface area contributed by atoms with Crippen LogP contribution in [0.15, 0.2) is 41.1 Å². The number of nitrogens with two attached hydrogens (primary N) is 1. The fraction of sp³-hybridized carbons (Fsp3) is 0.312. The Kier molecular flexibility index (Phi) is 3.66. The minimum absolute atomic E-state index is 0.224. The van der Waals surface area contributed by atoms with Gasteiger partial charge in [-0.15, -0.1) is 0 Å². The minimum atomic E-state index is -0.224. The van der Waals surface area contributed by atoms with Crippen molar-refractivity contribution in [1.29, 1.82) is 0 Å². The number of fused-ring (bicyclic) bond motifs is 1. The van der Waals surface area contributed by atoms with Gasteiger partial charge < -0.3 is 10.3 Å². The Morgan fingerprint density at radius 2 is 2.14 bits per heavy atom. The Hall–Kier alpha value is -2.27. The zero-order valence-electron chi connectivity index (χ0n) is 12.2. The maximum absolute atomic E-state index is 6.12. The van der Waals surface area contributed by atoms with Gasteiger partial charge in [-0.3, -0.25) is 4.98 Å². The van der Waals surface area contributed by atoms with E-state index in [-0.39, 0.29) is 6.04 Å². The number of benzene rings is 1. The van der Waals surface area contributed by atoms with E-state index in [4.69, 9.17) is 10.3 Å². The van der Waals surface area contributed by atoms with E-state index in [0.29, 0.717) is 17.6 Å². The molecule has 5 nitrogen and oxygen atoms in total. The Bertz CT molecular complexity index is 753. The summed E-state index contributed by atoms with van der Waals surface area (Å²) in [5.41, 5.74) is 7.97. The highest BCUT2D eigenvalue weighted by atomic mass is 16.5. The summed E-state index contributed by atoms with van der Waals surface area (Å²) in [6.45, 7) is 4.17. The van der Waals surface area contributed by atoms with Crippen molar-refractivity contribution in [3.8, 4) is 11.4 Å². The largest absolute Gasteiger partial charge is 0.337 e. The molecule has 108 valence electrons. The molecule has 2 N–H and O–H groups in total. The molecule has 2 unspecified atom stereocenters. The molecule has 5 heteroatoms. The smallest absolute Gasteiger partial charge is 0.244 e. The lowest BCUT2D eigenvalue weighted by Gasteiger charge is -2.12. The molecular weight excluding hydrogens is 264 g/mol. The molecule has 2 atom stereocenters. The third-order valence-electron chi connectivity index (χ3n) is 3.85. The Labute approximate surface area is 123 Å². The van der Waals surface area contributed by atoms with Crippen molar-refractivity contribution in [2.75, 3.05) is 0 Å². The lowest BCUT2D eigenvalue weighted by Crippen LogP contribution is -2.18. The average molecular weight is 282 g/mol. The topological polar surface area (TPSA) is 77.8 Å². The molecule has 3 rings (SSSR count).